The highest BCUT2D eigenvalue weighted by molar-refractivity contribution is 5.87. The fourth-order valence-electron chi connectivity index (χ4n) is 1.25. The van der Waals surface area contributed by atoms with Gasteiger partial charge in [0.05, 0.1) is 6.61 Å². The van der Waals surface area contributed by atoms with E-state index in [1.807, 2.05) is 19.1 Å². The number of ether oxygens (including phenoxy) is 2. The van der Waals surface area contributed by atoms with Gasteiger partial charge in [-0.1, -0.05) is 11.6 Å². The SMILES string of the molecule is CCOC(=O)/C(C)=C\CC/C(C)=C/COC(C)=O. The molecule has 0 unspecified atom stereocenters. The highest BCUT2D eigenvalue weighted by atomic mass is 16.5. The summed E-state index contributed by atoms with van der Waals surface area (Å²) in [4.78, 5) is 21.9. The molecule has 0 aliphatic rings. The zero-order valence-electron chi connectivity index (χ0n) is 11.6. The normalized spacial score (nSPS) is 12.2. The standard InChI is InChI=1S/C14H22O4/c1-5-17-14(16)12(3)8-6-7-11(2)9-10-18-13(4)15/h8-9H,5-7,10H2,1-4H3/b11-9+,12-8-. The molecule has 102 valence electrons. The van der Waals surface area contributed by atoms with Gasteiger partial charge in [0, 0.05) is 12.5 Å². The highest BCUT2D eigenvalue weighted by Gasteiger charge is 2.03. The molecule has 0 aliphatic carbocycles. The molecule has 0 bridgehead atoms. The number of carbonyl (C=O) groups excluding carboxylic acids is 2. The molecule has 0 aromatic heterocycles. The molecule has 0 rings (SSSR count). The molecule has 0 saturated heterocycles. The molecule has 0 aromatic carbocycles. The predicted molar refractivity (Wildman–Crippen MR) is 70.0 cm³/mol. The third kappa shape index (κ3) is 8.56. The van der Waals surface area contributed by atoms with E-state index >= 15 is 0 Å². The van der Waals surface area contributed by atoms with Crippen LogP contribution in [0.1, 0.15) is 40.5 Å². The maximum Gasteiger partial charge on any atom is 0.333 e. The molecule has 0 amide bonds. The van der Waals surface area contributed by atoms with Crippen LogP contribution >= 0.6 is 0 Å². The average molecular weight is 254 g/mol. The van der Waals surface area contributed by atoms with Gasteiger partial charge in [-0.25, -0.2) is 4.79 Å². The highest BCUT2D eigenvalue weighted by Crippen LogP contribution is 2.07. The van der Waals surface area contributed by atoms with Crippen molar-refractivity contribution in [1.29, 1.82) is 0 Å². The Bertz CT molecular complexity index is 340. The first kappa shape index (κ1) is 16.4. The first-order chi connectivity index (χ1) is 8.47. The first-order valence-electron chi connectivity index (χ1n) is 6.10. The predicted octanol–water partition coefficient (Wildman–Crippen LogP) is 2.79. The molecule has 0 N–H and O–H groups in total. The van der Waals surface area contributed by atoms with Crippen molar-refractivity contribution in [1.82, 2.24) is 0 Å². The van der Waals surface area contributed by atoms with Crippen LogP contribution in [-0.4, -0.2) is 25.2 Å². The van der Waals surface area contributed by atoms with Gasteiger partial charge in [0.2, 0.25) is 0 Å². The molecule has 0 saturated carbocycles. The average Bonchev–Trinajstić information content (AvgIpc) is 2.28. The Labute approximate surface area is 109 Å². The molecule has 0 spiro atoms. The number of carbonyl (C=O) groups is 2. The van der Waals surface area contributed by atoms with Crippen LogP contribution in [0.25, 0.3) is 0 Å². The van der Waals surface area contributed by atoms with E-state index in [1.165, 1.54) is 6.92 Å². The molecule has 0 fully saturated rings. The van der Waals surface area contributed by atoms with E-state index in [2.05, 4.69) is 0 Å². The van der Waals surface area contributed by atoms with E-state index in [0.29, 0.717) is 18.8 Å². The van der Waals surface area contributed by atoms with Crippen LogP contribution in [-0.2, 0) is 19.1 Å². The van der Waals surface area contributed by atoms with Crippen molar-refractivity contribution < 1.29 is 19.1 Å². The molecule has 0 heterocycles. The Morgan fingerprint density at radius 3 is 2.28 bits per heavy atom. The lowest BCUT2D eigenvalue weighted by Crippen LogP contribution is -2.04. The molecule has 0 radical (unpaired) electrons. The summed E-state index contributed by atoms with van der Waals surface area (Å²) in [6.45, 7) is 7.59. The van der Waals surface area contributed by atoms with Crippen LogP contribution in [0.15, 0.2) is 23.3 Å². The second-order valence-corrected chi connectivity index (χ2v) is 4.00. The first-order valence-corrected chi connectivity index (χ1v) is 6.10. The van der Waals surface area contributed by atoms with Gasteiger partial charge in [-0.2, -0.15) is 0 Å². The molecule has 0 aliphatic heterocycles. The number of rotatable bonds is 7. The van der Waals surface area contributed by atoms with Gasteiger partial charge in [0.25, 0.3) is 0 Å². The molecule has 4 nitrogen and oxygen atoms in total. The van der Waals surface area contributed by atoms with Crippen LogP contribution in [0.4, 0.5) is 0 Å². The Kier molecular flexibility index (Phi) is 8.62. The fourth-order valence-corrected chi connectivity index (χ4v) is 1.25. The van der Waals surface area contributed by atoms with Crippen molar-refractivity contribution in [3.8, 4) is 0 Å². The lowest BCUT2D eigenvalue weighted by molar-refractivity contribution is -0.140. The summed E-state index contributed by atoms with van der Waals surface area (Å²) in [6, 6.07) is 0. The van der Waals surface area contributed by atoms with Crippen LogP contribution < -0.4 is 0 Å². The van der Waals surface area contributed by atoms with E-state index in [0.717, 1.165) is 18.4 Å². The maximum atomic E-state index is 11.3. The monoisotopic (exact) mass is 254 g/mol. The molecular weight excluding hydrogens is 232 g/mol. The van der Waals surface area contributed by atoms with Crippen molar-refractivity contribution in [2.45, 2.75) is 40.5 Å². The third-order valence-corrected chi connectivity index (χ3v) is 2.30. The number of hydrogen-bond acceptors (Lipinski definition) is 4. The fraction of sp³-hybridized carbons (Fsp3) is 0.571. The van der Waals surface area contributed by atoms with Crippen LogP contribution in [0.3, 0.4) is 0 Å². The summed E-state index contributed by atoms with van der Waals surface area (Å²) < 4.78 is 9.68. The van der Waals surface area contributed by atoms with E-state index in [9.17, 15) is 9.59 Å². The Morgan fingerprint density at radius 1 is 1.06 bits per heavy atom. The summed E-state index contributed by atoms with van der Waals surface area (Å²) in [6.07, 6.45) is 5.33. The van der Waals surface area contributed by atoms with Crippen molar-refractivity contribution in [3.63, 3.8) is 0 Å². The molecule has 0 atom stereocenters. The second-order valence-electron chi connectivity index (χ2n) is 4.00. The number of esters is 2. The van der Waals surface area contributed by atoms with Crippen LogP contribution in [0, 0.1) is 0 Å². The molecule has 0 aromatic rings. The molecule has 18 heavy (non-hydrogen) atoms. The lowest BCUT2D eigenvalue weighted by Gasteiger charge is -2.02. The van der Waals surface area contributed by atoms with Crippen molar-refractivity contribution >= 4 is 11.9 Å². The van der Waals surface area contributed by atoms with E-state index in [-0.39, 0.29) is 11.9 Å². The van der Waals surface area contributed by atoms with E-state index in [1.54, 1.807) is 13.8 Å². The maximum absolute atomic E-state index is 11.3. The quantitative estimate of drug-likeness (QED) is 0.398. The van der Waals surface area contributed by atoms with Gasteiger partial charge in [0.15, 0.2) is 0 Å². The van der Waals surface area contributed by atoms with E-state index < -0.39 is 0 Å². The lowest BCUT2D eigenvalue weighted by atomic mass is 10.1. The topological polar surface area (TPSA) is 52.6 Å². The largest absolute Gasteiger partial charge is 0.463 e. The van der Waals surface area contributed by atoms with Gasteiger partial charge in [0.1, 0.15) is 6.61 Å². The summed E-state index contributed by atoms with van der Waals surface area (Å²) in [7, 11) is 0. The summed E-state index contributed by atoms with van der Waals surface area (Å²) in [5.41, 5.74) is 1.76. The van der Waals surface area contributed by atoms with Crippen LogP contribution in [0.2, 0.25) is 0 Å². The third-order valence-electron chi connectivity index (χ3n) is 2.30. The van der Waals surface area contributed by atoms with Crippen molar-refractivity contribution in [3.05, 3.63) is 23.3 Å². The molecule has 4 heteroatoms. The summed E-state index contributed by atoms with van der Waals surface area (Å²) >= 11 is 0. The zero-order chi connectivity index (χ0) is 14.0. The summed E-state index contributed by atoms with van der Waals surface area (Å²) in [5.74, 6) is -0.545. The number of hydrogen-bond donors (Lipinski definition) is 0. The van der Waals surface area contributed by atoms with Gasteiger partial charge in [-0.3, -0.25) is 4.79 Å². The minimum atomic E-state index is -0.280. The van der Waals surface area contributed by atoms with Crippen molar-refractivity contribution in [2.75, 3.05) is 13.2 Å². The Hall–Kier alpha value is -1.58. The minimum absolute atomic E-state index is 0.265. The van der Waals surface area contributed by atoms with Gasteiger partial charge < -0.3 is 9.47 Å². The smallest absolute Gasteiger partial charge is 0.333 e. The Morgan fingerprint density at radius 2 is 1.72 bits per heavy atom. The summed E-state index contributed by atoms with van der Waals surface area (Å²) in [5, 5.41) is 0. The van der Waals surface area contributed by atoms with Crippen molar-refractivity contribution in [2.24, 2.45) is 0 Å². The Balaban J connectivity index is 3.98. The minimum Gasteiger partial charge on any atom is -0.463 e. The van der Waals surface area contributed by atoms with Crippen LogP contribution in [0.5, 0.6) is 0 Å². The second kappa shape index (κ2) is 9.45. The number of allylic oxidation sites excluding steroid dienone is 2. The molecular formula is C14H22O4. The van der Waals surface area contributed by atoms with Gasteiger partial charge in [-0.15, -0.1) is 0 Å². The van der Waals surface area contributed by atoms with Gasteiger partial charge in [-0.05, 0) is 39.7 Å². The van der Waals surface area contributed by atoms with E-state index in [4.69, 9.17) is 9.47 Å². The zero-order valence-corrected chi connectivity index (χ0v) is 11.6. The van der Waals surface area contributed by atoms with Gasteiger partial charge >= 0.3 is 11.9 Å².